The Morgan fingerprint density at radius 3 is 2.35 bits per heavy atom. The van der Waals surface area contributed by atoms with Crippen molar-refractivity contribution in [2.45, 2.75) is 31.8 Å². The Balaban J connectivity index is 1.21. The van der Waals surface area contributed by atoms with Crippen molar-refractivity contribution >= 4 is 18.0 Å². The minimum Gasteiger partial charge on any atom is -0.476 e. The maximum absolute atomic E-state index is 12.3. The first kappa shape index (κ1) is 23.0. The molecule has 3 N–H and O–H groups in total. The molecule has 0 spiro atoms. The number of hydrogen-bond donors (Lipinski definition) is 3. The number of fused-ring (bicyclic) bond motifs is 3. The number of benzene rings is 2. The molecule has 1 heterocycles. The topological polar surface area (TPSA) is 123 Å². The molecule has 1 aliphatic rings. The standard InChI is InChI=1S/C25H26N4O5/c1-16(12-23(30)26-10-11-29-13-22(24(31)32)27-15-29)28-25(33)34-14-21-19-8-4-2-6-17(19)18-7-3-5-9-20(18)21/h2-9,13,15-16,21H,10-12,14H2,1H3,(H,26,30)(H,28,33)(H,31,32). The summed E-state index contributed by atoms with van der Waals surface area (Å²) in [5, 5.41) is 14.3. The lowest BCUT2D eigenvalue weighted by Gasteiger charge is -2.17. The summed E-state index contributed by atoms with van der Waals surface area (Å²) in [7, 11) is 0. The highest BCUT2D eigenvalue weighted by molar-refractivity contribution is 5.85. The number of nitrogens with zero attached hydrogens (tertiary/aromatic N) is 2. The molecule has 0 radical (unpaired) electrons. The number of imidazole rings is 1. The summed E-state index contributed by atoms with van der Waals surface area (Å²) in [6.07, 6.45) is 2.32. The van der Waals surface area contributed by atoms with Gasteiger partial charge in [-0.3, -0.25) is 4.79 Å². The maximum Gasteiger partial charge on any atom is 0.407 e. The van der Waals surface area contributed by atoms with E-state index in [1.54, 1.807) is 11.5 Å². The second kappa shape index (κ2) is 10.2. The highest BCUT2D eigenvalue weighted by atomic mass is 16.5. The van der Waals surface area contributed by atoms with E-state index in [0.29, 0.717) is 13.1 Å². The van der Waals surface area contributed by atoms with Crippen molar-refractivity contribution in [1.29, 1.82) is 0 Å². The van der Waals surface area contributed by atoms with Crippen LogP contribution in [-0.2, 0) is 16.1 Å². The van der Waals surface area contributed by atoms with E-state index < -0.39 is 18.1 Å². The van der Waals surface area contributed by atoms with Crippen LogP contribution in [-0.4, -0.2) is 51.8 Å². The second-order valence-corrected chi connectivity index (χ2v) is 8.23. The van der Waals surface area contributed by atoms with E-state index in [-0.39, 0.29) is 30.5 Å². The van der Waals surface area contributed by atoms with Gasteiger partial charge in [-0.05, 0) is 29.2 Å². The van der Waals surface area contributed by atoms with Crippen LogP contribution in [0.2, 0.25) is 0 Å². The van der Waals surface area contributed by atoms with Crippen LogP contribution in [0.1, 0.15) is 40.9 Å². The van der Waals surface area contributed by atoms with E-state index in [9.17, 15) is 14.4 Å². The molecule has 1 unspecified atom stereocenters. The van der Waals surface area contributed by atoms with Gasteiger partial charge in [0.25, 0.3) is 0 Å². The third kappa shape index (κ3) is 5.25. The number of carboxylic acid groups (broad SMARTS) is 1. The Hall–Kier alpha value is -4.14. The summed E-state index contributed by atoms with van der Waals surface area (Å²) in [4.78, 5) is 39.1. The number of carboxylic acids is 1. The Labute approximate surface area is 196 Å². The minimum atomic E-state index is -1.10. The van der Waals surface area contributed by atoms with Crippen molar-refractivity contribution in [2.24, 2.45) is 0 Å². The maximum atomic E-state index is 12.3. The van der Waals surface area contributed by atoms with Gasteiger partial charge in [-0.15, -0.1) is 0 Å². The van der Waals surface area contributed by atoms with Gasteiger partial charge in [-0.1, -0.05) is 48.5 Å². The first-order chi connectivity index (χ1) is 16.4. The lowest BCUT2D eigenvalue weighted by atomic mass is 9.98. The molecule has 0 fully saturated rings. The lowest BCUT2D eigenvalue weighted by Crippen LogP contribution is -2.38. The summed E-state index contributed by atoms with van der Waals surface area (Å²) in [6.45, 7) is 2.64. The Kier molecular flexibility index (Phi) is 6.91. The molecule has 9 nitrogen and oxygen atoms in total. The van der Waals surface area contributed by atoms with Crippen LogP contribution in [0.3, 0.4) is 0 Å². The lowest BCUT2D eigenvalue weighted by molar-refractivity contribution is -0.121. The quantitative estimate of drug-likeness (QED) is 0.449. The van der Waals surface area contributed by atoms with E-state index in [4.69, 9.17) is 9.84 Å². The second-order valence-electron chi connectivity index (χ2n) is 8.23. The first-order valence-corrected chi connectivity index (χ1v) is 11.1. The van der Waals surface area contributed by atoms with Gasteiger partial charge in [0.05, 0.1) is 6.33 Å². The van der Waals surface area contributed by atoms with Crippen LogP contribution in [0.15, 0.2) is 61.1 Å². The average Bonchev–Trinajstić information content (AvgIpc) is 3.41. The zero-order chi connectivity index (χ0) is 24.1. The molecule has 2 aromatic carbocycles. The fourth-order valence-electron chi connectivity index (χ4n) is 4.16. The third-order valence-electron chi connectivity index (χ3n) is 5.74. The number of amides is 2. The number of nitrogens with one attached hydrogen (secondary N) is 2. The number of aromatic carboxylic acids is 1. The van der Waals surface area contributed by atoms with E-state index >= 15 is 0 Å². The summed E-state index contributed by atoms with van der Waals surface area (Å²) in [6, 6.07) is 15.8. The van der Waals surface area contributed by atoms with Gasteiger partial charge in [0.1, 0.15) is 6.61 Å². The normalized spacial score (nSPS) is 13.0. The number of hydrogen-bond acceptors (Lipinski definition) is 5. The van der Waals surface area contributed by atoms with E-state index in [1.807, 2.05) is 24.3 Å². The van der Waals surface area contributed by atoms with Crippen LogP contribution in [0.4, 0.5) is 4.79 Å². The Morgan fingerprint density at radius 1 is 1.09 bits per heavy atom. The van der Waals surface area contributed by atoms with Crippen molar-refractivity contribution in [3.63, 3.8) is 0 Å². The molecule has 0 saturated carbocycles. The average molecular weight is 463 g/mol. The highest BCUT2D eigenvalue weighted by Gasteiger charge is 2.29. The molecule has 0 aliphatic heterocycles. The molecule has 9 heteroatoms. The monoisotopic (exact) mass is 462 g/mol. The smallest absolute Gasteiger partial charge is 0.407 e. The Morgan fingerprint density at radius 2 is 1.74 bits per heavy atom. The summed E-state index contributed by atoms with van der Waals surface area (Å²) < 4.78 is 7.10. The van der Waals surface area contributed by atoms with Gasteiger partial charge in [0, 0.05) is 37.7 Å². The first-order valence-electron chi connectivity index (χ1n) is 11.1. The third-order valence-corrected chi connectivity index (χ3v) is 5.74. The van der Waals surface area contributed by atoms with Gasteiger partial charge in [0.2, 0.25) is 5.91 Å². The predicted molar refractivity (Wildman–Crippen MR) is 124 cm³/mol. The van der Waals surface area contributed by atoms with E-state index in [2.05, 4.69) is 39.9 Å². The molecule has 1 aliphatic carbocycles. The van der Waals surface area contributed by atoms with Gasteiger partial charge >= 0.3 is 12.1 Å². The molecule has 3 aromatic rings. The molecule has 34 heavy (non-hydrogen) atoms. The number of rotatable bonds is 9. The van der Waals surface area contributed by atoms with Gasteiger partial charge in [0.15, 0.2) is 5.69 Å². The van der Waals surface area contributed by atoms with Gasteiger partial charge in [-0.2, -0.15) is 0 Å². The zero-order valence-electron chi connectivity index (χ0n) is 18.7. The summed E-state index contributed by atoms with van der Waals surface area (Å²) in [5.74, 6) is -1.36. The van der Waals surface area contributed by atoms with E-state index in [1.165, 1.54) is 12.5 Å². The van der Waals surface area contributed by atoms with Crippen LogP contribution >= 0.6 is 0 Å². The summed E-state index contributed by atoms with van der Waals surface area (Å²) >= 11 is 0. The van der Waals surface area contributed by atoms with Gasteiger partial charge < -0.3 is 25.0 Å². The number of aromatic nitrogens is 2. The molecule has 0 bridgehead atoms. The largest absolute Gasteiger partial charge is 0.476 e. The van der Waals surface area contributed by atoms with Crippen LogP contribution in [0.25, 0.3) is 11.1 Å². The molecule has 2 amide bonds. The molecular formula is C25H26N4O5. The van der Waals surface area contributed by atoms with Crippen molar-refractivity contribution in [2.75, 3.05) is 13.2 Å². The molecular weight excluding hydrogens is 436 g/mol. The molecule has 1 aromatic heterocycles. The zero-order valence-corrected chi connectivity index (χ0v) is 18.7. The summed E-state index contributed by atoms with van der Waals surface area (Å²) in [5.41, 5.74) is 4.54. The van der Waals surface area contributed by atoms with Crippen molar-refractivity contribution < 1.29 is 24.2 Å². The van der Waals surface area contributed by atoms with Crippen LogP contribution in [0.5, 0.6) is 0 Å². The fourth-order valence-corrected chi connectivity index (χ4v) is 4.16. The number of alkyl carbamates (subject to hydrolysis) is 1. The molecule has 0 saturated heterocycles. The van der Waals surface area contributed by atoms with Gasteiger partial charge in [-0.25, -0.2) is 14.6 Å². The van der Waals surface area contributed by atoms with Crippen LogP contribution < -0.4 is 10.6 Å². The van der Waals surface area contributed by atoms with Crippen molar-refractivity contribution in [1.82, 2.24) is 20.2 Å². The van der Waals surface area contributed by atoms with Crippen molar-refractivity contribution in [3.05, 3.63) is 77.9 Å². The predicted octanol–water partition coefficient (Wildman–Crippen LogP) is 3.01. The Bertz CT molecular complexity index is 1160. The van der Waals surface area contributed by atoms with E-state index in [0.717, 1.165) is 22.3 Å². The molecule has 176 valence electrons. The SMILES string of the molecule is CC(CC(=O)NCCn1cnc(C(=O)O)c1)NC(=O)OCC1c2ccccc2-c2ccccc21. The van der Waals surface area contributed by atoms with Crippen molar-refractivity contribution in [3.8, 4) is 11.1 Å². The number of carbonyl (C=O) groups is 3. The molecule has 4 rings (SSSR count). The molecule has 1 atom stereocenters. The number of carbonyl (C=O) groups excluding carboxylic acids is 2. The fraction of sp³-hybridized carbons (Fsp3) is 0.280. The van der Waals surface area contributed by atoms with Crippen LogP contribution in [0, 0.1) is 0 Å². The highest BCUT2D eigenvalue weighted by Crippen LogP contribution is 2.44. The minimum absolute atomic E-state index is 0.0263. The number of ether oxygens (including phenoxy) is 1.